The summed E-state index contributed by atoms with van der Waals surface area (Å²) in [6.45, 7) is 1.68. The number of unbranched alkanes of at least 4 members (excludes halogenated alkanes) is 1. The first-order valence-electron chi connectivity index (χ1n) is 6.55. The van der Waals surface area contributed by atoms with Crippen LogP contribution in [0, 0.1) is 0 Å². The van der Waals surface area contributed by atoms with Gasteiger partial charge in [-0.05, 0) is 45.6 Å². The lowest BCUT2D eigenvalue weighted by Gasteiger charge is -2.09. The van der Waals surface area contributed by atoms with Crippen LogP contribution in [0.4, 0.5) is 0 Å². The smallest absolute Gasteiger partial charge is 0.251 e. The Morgan fingerprint density at radius 3 is 2.40 bits per heavy atom. The molecule has 1 rings (SSSR count). The van der Waals surface area contributed by atoms with Crippen LogP contribution < -0.4 is 11.1 Å². The number of amides is 1. The predicted octanol–water partition coefficient (Wildman–Crippen LogP) is 0.853. The molecule has 1 aromatic carbocycles. The van der Waals surface area contributed by atoms with Crippen molar-refractivity contribution in [1.29, 1.82) is 0 Å². The molecule has 6 nitrogen and oxygen atoms in total. The van der Waals surface area contributed by atoms with Crippen LogP contribution >= 0.6 is 0 Å². The van der Waals surface area contributed by atoms with Crippen molar-refractivity contribution in [1.82, 2.24) is 10.2 Å². The third-order valence-electron chi connectivity index (χ3n) is 2.87. The number of hydrogen-bond acceptors (Lipinski definition) is 4. The van der Waals surface area contributed by atoms with Gasteiger partial charge in [0.25, 0.3) is 5.91 Å². The maximum Gasteiger partial charge on any atom is 0.251 e. The van der Waals surface area contributed by atoms with E-state index < -0.39 is 0 Å². The zero-order valence-corrected chi connectivity index (χ0v) is 12.0. The molecular weight excluding hydrogens is 256 g/mol. The van der Waals surface area contributed by atoms with Crippen LogP contribution in [0.2, 0.25) is 0 Å². The van der Waals surface area contributed by atoms with Crippen LogP contribution in [0.25, 0.3) is 0 Å². The molecule has 0 atom stereocenters. The summed E-state index contributed by atoms with van der Waals surface area (Å²) in [5.74, 6) is -0.0819. The molecule has 0 spiro atoms. The van der Waals surface area contributed by atoms with Crippen LogP contribution in [0.3, 0.4) is 0 Å². The van der Waals surface area contributed by atoms with E-state index in [1.165, 1.54) is 0 Å². The molecule has 20 heavy (non-hydrogen) atoms. The van der Waals surface area contributed by atoms with E-state index >= 15 is 0 Å². The molecular formula is C14H22N4O2. The SMILES string of the molecule is CN(C)CCCCNC(=O)c1ccc(C(N)=NO)cc1. The summed E-state index contributed by atoms with van der Waals surface area (Å²) in [6, 6.07) is 6.61. The fourth-order valence-corrected chi connectivity index (χ4v) is 1.71. The highest BCUT2D eigenvalue weighted by Gasteiger charge is 2.06. The Morgan fingerprint density at radius 2 is 1.85 bits per heavy atom. The molecule has 0 heterocycles. The van der Waals surface area contributed by atoms with Crippen LogP contribution in [0.1, 0.15) is 28.8 Å². The molecule has 6 heteroatoms. The first-order chi connectivity index (χ1) is 9.54. The van der Waals surface area contributed by atoms with Crippen LogP contribution in [-0.2, 0) is 0 Å². The van der Waals surface area contributed by atoms with Crippen molar-refractivity contribution in [2.75, 3.05) is 27.2 Å². The van der Waals surface area contributed by atoms with Gasteiger partial charge in [-0.2, -0.15) is 0 Å². The maximum absolute atomic E-state index is 11.9. The number of nitrogens with one attached hydrogen (secondary N) is 1. The van der Waals surface area contributed by atoms with E-state index in [-0.39, 0.29) is 11.7 Å². The summed E-state index contributed by atoms with van der Waals surface area (Å²) in [5, 5.41) is 14.3. The second-order valence-corrected chi connectivity index (χ2v) is 4.83. The van der Waals surface area contributed by atoms with Crippen LogP contribution in [0.5, 0.6) is 0 Å². The summed E-state index contributed by atoms with van der Waals surface area (Å²) in [7, 11) is 4.06. The highest BCUT2D eigenvalue weighted by Crippen LogP contribution is 2.04. The molecule has 0 radical (unpaired) electrons. The second-order valence-electron chi connectivity index (χ2n) is 4.83. The van der Waals surface area contributed by atoms with Crippen LogP contribution in [-0.4, -0.2) is 49.0 Å². The first kappa shape index (κ1) is 16.0. The lowest BCUT2D eigenvalue weighted by Crippen LogP contribution is -2.25. The second kappa shape index (κ2) is 8.16. The Balaban J connectivity index is 2.40. The fraction of sp³-hybridized carbons (Fsp3) is 0.429. The van der Waals surface area contributed by atoms with Gasteiger partial charge in [0, 0.05) is 17.7 Å². The molecule has 1 amide bonds. The van der Waals surface area contributed by atoms with E-state index in [9.17, 15) is 4.79 Å². The minimum Gasteiger partial charge on any atom is -0.409 e. The average molecular weight is 278 g/mol. The Morgan fingerprint density at radius 1 is 1.25 bits per heavy atom. The zero-order valence-electron chi connectivity index (χ0n) is 12.0. The molecule has 0 saturated heterocycles. The minimum atomic E-state index is -0.110. The number of carbonyl (C=O) groups excluding carboxylic acids is 1. The predicted molar refractivity (Wildman–Crippen MR) is 79.1 cm³/mol. The molecule has 4 N–H and O–H groups in total. The molecule has 0 aromatic heterocycles. The molecule has 0 saturated carbocycles. The van der Waals surface area contributed by atoms with Crippen molar-refractivity contribution < 1.29 is 10.0 Å². The number of nitrogens with two attached hydrogens (primary N) is 1. The topological polar surface area (TPSA) is 91.0 Å². The molecule has 0 aliphatic rings. The quantitative estimate of drug-likeness (QED) is 0.227. The lowest BCUT2D eigenvalue weighted by atomic mass is 10.1. The van der Waals surface area contributed by atoms with Crippen molar-refractivity contribution in [2.45, 2.75) is 12.8 Å². The van der Waals surface area contributed by atoms with Gasteiger partial charge in [-0.25, -0.2) is 0 Å². The summed E-state index contributed by atoms with van der Waals surface area (Å²) in [6.07, 6.45) is 2.00. The van der Waals surface area contributed by atoms with Gasteiger partial charge in [0.2, 0.25) is 0 Å². The number of amidine groups is 1. The standard InChI is InChI=1S/C14H22N4O2/c1-18(2)10-4-3-9-16-14(19)12-7-5-11(6-8-12)13(15)17-20/h5-8,20H,3-4,9-10H2,1-2H3,(H2,15,17)(H,16,19). The van der Waals surface area contributed by atoms with Gasteiger partial charge in [-0.15, -0.1) is 0 Å². The molecule has 0 bridgehead atoms. The molecule has 0 unspecified atom stereocenters. The van der Waals surface area contributed by atoms with Gasteiger partial charge in [-0.1, -0.05) is 17.3 Å². The van der Waals surface area contributed by atoms with E-state index in [1.54, 1.807) is 24.3 Å². The van der Waals surface area contributed by atoms with E-state index in [4.69, 9.17) is 10.9 Å². The Bertz CT molecular complexity index is 455. The third kappa shape index (κ3) is 5.27. The van der Waals surface area contributed by atoms with Crippen molar-refractivity contribution in [3.8, 4) is 0 Å². The summed E-state index contributed by atoms with van der Waals surface area (Å²) in [4.78, 5) is 14.0. The van der Waals surface area contributed by atoms with Gasteiger partial charge in [-0.3, -0.25) is 4.79 Å². The van der Waals surface area contributed by atoms with Crippen molar-refractivity contribution >= 4 is 11.7 Å². The maximum atomic E-state index is 11.9. The monoisotopic (exact) mass is 278 g/mol. The highest BCUT2D eigenvalue weighted by atomic mass is 16.4. The highest BCUT2D eigenvalue weighted by molar-refractivity contribution is 5.99. The number of oxime groups is 1. The van der Waals surface area contributed by atoms with Gasteiger partial charge in [0.1, 0.15) is 0 Å². The van der Waals surface area contributed by atoms with Gasteiger partial charge in [0.05, 0.1) is 0 Å². The third-order valence-corrected chi connectivity index (χ3v) is 2.87. The zero-order chi connectivity index (χ0) is 15.0. The number of benzene rings is 1. The van der Waals surface area contributed by atoms with Gasteiger partial charge >= 0.3 is 0 Å². The number of nitrogens with zero attached hydrogens (tertiary/aromatic N) is 2. The Kier molecular flexibility index (Phi) is 6.52. The van der Waals surface area contributed by atoms with Crippen LogP contribution in [0.15, 0.2) is 29.4 Å². The number of hydrogen-bond donors (Lipinski definition) is 3. The molecule has 1 aromatic rings. The Hall–Kier alpha value is -2.08. The normalized spacial score (nSPS) is 11.7. The average Bonchev–Trinajstić information content (AvgIpc) is 2.45. The molecule has 110 valence electrons. The van der Waals surface area contributed by atoms with Gasteiger partial charge < -0.3 is 21.2 Å². The summed E-state index contributed by atoms with van der Waals surface area (Å²) < 4.78 is 0. The number of rotatable bonds is 7. The summed E-state index contributed by atoms with van der Waals surface area (Å²) in [5.41, 5.74) is 6.59. The van der Waals surface area contributed by atoms with Gasteiger partial charge in [0.15, 0.2) is 5.84 Å². The van der Waals surface area contributed by atoms with E-state index in [0.29, 0.717) is 17.7 Å². The van der Waals surface area contributed by atoms with Crippen molar-refractivity contribution in [3.05, 3.63) is 35.4 Å². The van der Waals surface area contributed by atoms with E-state index in [0.717, 1.165) is 19.4 Å². The number of carbonyl (C=O) groups is 1. The molecule has 0 fully saturated rings. The molecule has 0 aliphatic carbocycles. The molecule has 0 aliphatic heterocycles. The fourth-order valence-electron chi connectivity index (χ4n) is 1.71. The minimum absolute atomic E-state index is 0.0284. The van der Waals surface area contributed by atoms with Crippen molar-refractivity contribution in [3.63, 3.8) is 0 Å². The Labute approximate surface area is 119 Å². The first-order valence-corrected chi connectivity index (χ1v) is 6.55. The van der Waals surface area contributed by atoms with E-state index in [2.05, 4.69) is 15.4 Å². The summed E-state index contributed by atoms with van der Waals surface area (Å²) >= 11 is 0. The largest absolute Gasteiger partial charge is 0.409 e. The van der Waals surface area contributed by atoms with E-state index in [1.807, 2.05) is 14.1 Å². The van der Waals surface area contributed by atoms with Crippen molar-refractivity contribution in [2.24, 2.45) is 10.9 Å². The lowest BCUT2D eigenvalue weighted by molar-refractivity contribution is 0.0953.